The highest BCUT2D eigenvalue weighted by molar-refractivity contribution is 5.92. The summed E-state index contributed by atoms with van der Waals surface area (Å²) in [6.07, 6.45) is 2.38. The van der Waals surface area contributed by atoms with E-state index in [-0.39, 0.29) is 17.2 Å². The zero-order valence-electron chi connectivity index (χ0n) is 11.5. The van der Waals surface area contributed by atoms with Crippen LogP contribution in [0.1, 0.15) is 38.7 Å². The lowest BCUT2D eigenvalue weighted by Gasteiger charge is -2.35. The molecule has 2 N–H and O–H groups in total. The van der Waals surface area contributed by atoms with Crippen molar-refractivity contribution in [2.75, 3.05) is 11.4 Å². The fourth-order valence-electron chi connectivity index (χ4n) is 2.57. The first-order valence-electron chi connectivity index (χ1n) is 6.80. The first-order valence-corrected chi connectivity index (χ1v) is 6.80. The summed E-state index contributed by atoms with van der Waals surface area (Å²) in [6, 6.07) is 8.03. The molecule has 4 nitrogen and oxygen atoms in total. The molecule has 0 saturated heterocycles. The molecule has 102 valence electrons. The van der Waals surface area contributed by atoms with Crippen molar-refractivity contribution < 1.29 is 9.53 Å². The molecule has 0 atom stereocenters. The number of carbonyl (C=O) groups is 1. The topological polar surface area (TPSA) is 55.6 Å². The summed E-state index contributed by atoms with van der Waals surface area (Å²) in [5.74, 6) is 0. The number of hydrogen-bond acceptors (Lipinski definition) is 3. The van der Waals surface area contributed by atoms with Crippen molar-refractivity contribution in [2.45, 2.75) is 44.2 Å². The van der Waals surface area contributed by atoms with Gasteiger partial charge in [-0.3, -0.25) is 4.90 Å². The number of benzene rings is 1. The van der Waals surface area contributed by atoms with E-state index in [0.717, 1.165) is 30.5 Å². The summed E-state index contributed by atoms with van der Waals surface area (Å²) in [6.45, 7) is 4.53. The van der Waals surface area contributed by atoms with Crippen LogP contribution in [0, 0.1) is 0 Å². The van der Waals surface area contributed by atoms with E-state index in [1.54, 1.807) is 4.90 Å². The Kier molecular flexibility index (Phi) is 2.61. The van der Waals surface area contributed by atoms with Crippen LogP contribution in [0.3, 0.4) is 0 Å². The highest BCUT2D eigenvalue weighted by atomic mass is 16.6. The van der Waals surface area contributed by atoms with Gasteiger partial charge in [0.25, 0.3) is 0 Å². The lowest BCUT2D eigenvalue weighted by molar-refractivity contribution is 0.0807. The van der Waals surface area contributed by atoms with Crippen LogP contribution in [-0.4, -0.2) is 18.2 Å². The van der Waals surface area contributed by atoms with Crippen LogP contribution < -0.4 is 10.6 Å². The van der Waals surface area contributed by atoms with Crippen molar-refractivity contribution in [1.29, 1.82) is 0 Å². The highest BCUT2D eigenvalue weighted by Gasteiger charge is 2.54. The van der Waals surface area contributed by atoms with Crippen molar-refractivity contribution in [1.82, 2.24) is 0 Å². The van der Waals surface area contributed by atoms with Gasteiger partial charge in [0, 0.05) is 17.6 Å². The van der Waals surface area contributed by atoms with Crippen LogP contribution in [-0.2, 0) is 10.3 Å². The maximum Gasteiger partial charge on any atom is 0.415 e. The molecular weight excluding hydrogens is 240 g/mol. The lowest BCUT2D eigenvalue weighted by Crippen LogP contribution is -2.44. The van der Waals surface area contributed by atoms with E-state index in [1.165, 1.54) is 0 Å². The van der Waals surface area contributed by atoms with E-state index >= 15 is 0 Å². The molecule has 1 fully saturated rings. The Labute approximate surface area is 113 Å². The first-order chi connectivity index (χ1) is 8.91. The molecule has 0 bridgehead atoms. The van der Waals surface area contributed by atoms with Gasteiger partial charge in [0.2, 0.25) is 0 Å². The average molecular weight is 260 g/mol. The smallest absolute Gasteiger partial charge is 0.415 e. The zero-order valence-corrected chi connectivity index (χ0v) is 11.5. The number of hydrogen-bond donors (Lipinski definition) is 1. The van der Waals surface area contributed by atoms with Crippen LogP contribution in [0.15, 0.2) is 24.3 Å². The summed E-state index contributed by atoms with van der Waals surface area (Å²) in [4.78, 5) is 13.9. The Bertz CT molecular complexity index is 515. The van der Waals surface area contributed by atoms with Gasteiger partial charge in [0.15, 0.2) is 0 Å². The molecule has 2 aliphatic rings. The predicted molar refractivity (Wildman–Crippen MR) is 74.1 cm³/mol. The first kappa shape index (κ1) is 12.5. The molecule has 0 radical (unpaired) electrons. The Morgan fingerprint density at radius 2 is 2.05 bits per heavy atom. The molecule has 1 amide bonds. The number of rotatable bonds is 3. The monoisotopic (exact) mass is 260 g/mol. The van der Waals surface area contributed by atoms with E-state index in [4.69, 9.17) is 10.5 Å². The Morgan fingerprint density at radius 1 is 1.37 bits per heavy atom. The fourth-order valence-corrected chi connectivity index (χ4v) is 2.57. The fraction of sp³-hybridized carbons (Fsp3) is 0.533. The predicted octanol–water partition coefficient (Wildman–Crippen LogP) is 2.76. The number of fused-ring (bicyclic) bond motifs is 2. The molecule has 19 heavy (non-hydrogen) atoms. The number of nitrogens with zero attached hydrogens (tertiary/aromatic N) is 1. The van der Waals surface area contributed by atoms with E-state index in [9.17, 15) is 4.79 Å². The van der Waals surface area contributed by atoms with Gasteiger partial charge in [-0.25, -0.2) is 4.79 Å². The molecule has 1 aromatic rings. The number of nitrogens with two attached hydrogens (primary N) is 1. The number of ether oxygens (including phenoxy) is 1. The van der Waals surface area contributed by atoms with Crippen LogP contribution in [0.4, 0.5) is 10.5 Å². The van der Waals surface area contributed by atoms with Crippen molar-refractivity contribution in [2.24, 2.45) is 5.73 Å². The van der Waals surface area contributed by atoms with Crippen molar-refractivity contribution in [3.8, 4) is 0 Å². The minimum absolute atomic E-state index is 0.236. The van der Waals surface area contributed by atoms with Gasteiger partial charge in [0.1, 0.15) is 5.60 Å². The number of para-hydroxylation sites is 1. The Balaban J connectivity index is 1.90. The molecular formula is C15H20N2O2. The summed E-state index contributed by atoms with van der Waals surface area (Å²) in [5.41, 5.74) is 7.52. The molecule has 1 aliphatic heterocycles. The maximum absolute atomic E-state index is 12.2. The van der Waals surface area contributed by atoms with Gasteiger partial charge in [0.05, 0.1) is 5.69 Å². The molecule has 4 heteroatoms. The second-order valence-corrected chi connectivity index (χ2v) is 6.27. The molecule has 3 rings (SSSR count). The van der Waals surface area contributed by atoms with E-state index in [2.05, 4.69) is 6.07 Å². The molecule has 1 heterocycles. The summed E-state index contributed by atoms with van der Waals surface area (Å²) >= 11 is 0. The largest absolute Gasteiger partial charge is 0.438 e. The SMILES string of the molecule is CC(C)(N)CCN1C(=O)OC2(CC2)c2ccccc21. The van der Waals surface area contributed by atoms with Gasteiger partial charge >= 0.3 is 6.09 Å². The third kappa shape index (κ3) is 2.21. The maximum atomic E-state index is 12.2. The van der Waals surface area contributed by atoms with Crippen LogP contribution >= 0.6 is 0 Å². The molecule has 1 spiro atoms. The summed E-state index contributed by atoms with van der Waals surface area (Å²) in [5, 5.41) is 0. The van der Waals surface area contributed by atoms with Crippen LogP contribution in [0.5, 0.6) is 0 Å². The average Bonchev–Trinajstić information content (AvgIpc) is 3.08. The minimum Gasteiger partial charge on any atom is -0.438 e. The van der Waals surface area contributed by atoms with Crippen LogP contribution in [0.25, 0.3) is 0 Å². The van der Waals surface area contributed by atoms with Crippen molar-refractivity contribution in [3.63, 3.8) is 0 Å². The van der Waals surface area contributed by atoms with E-state index in [0.29, 0.717) is 6.54 Å². The van der Waals surface area contributed by atoms with Gasteiger partial charge < -0.3 is 10.5 Å². The Hall–Kier alpha value is -1.55. The minimum atomic E-state index is -0.331. The Morgan fingerprint density at radius 3 is 2.68 bits per heavy atom. The van der Waals surface area contributed by atoms with Gasteiger partial charge in [-0.2, -0.15) is 0 Å². The van der Waals surface area contributed by atoms with Crippen LogP contribution in [0.2, 0.25) is 0 Å². The second kappa shape index (κ2) is 3.97. The van der Waals surface area contributed by atoms with E-state index < -0.39 is 0 Å². The number of amides is 1. The molecule has 1 aromatic carbocycles. The second-order valence-electron chi connectivity index (χ2n) is 6.27. The zero-order chi connectivity index (χ0) is 13.7. The quantitative estimate of drug-likeness (QED) is 0.909. The number of anilines is 1. The summed E-state index contributed by atoms with van der Waals surface area (Å²) in [7, 11) is 0. The third-order valence-corrected chi connectivity index (χ3v) is 3.87. The van der Waals surface area contributed by atoms with Gasteiger partial charge in [-0.15, -0.1) is 0 Å². The molecule has 0 aromatic heterocycles. The summed E-state index contributed by atoms with van der Waals surface area (Å²) < 4.78 is 5.64. The standard InChI is InChI=1S/C15H20N2O2/c1-14(2,16)9-10-17-12-6-4-3-5-11(12)15(7-8-15)19-13(17)18/h3-6H,7-10,16H2,1-2H3. The highest BCUT2D eigenvalue weighted by Crippen LogP contribution is 2.55. The van der Waals surface area contributed by atoms with E-state index in [1.807, 2.05) is 32.0 Å². The molecule has 1 saturated carbocycles. The van der Waals surface area contributed by atoms with Crippen molar-refractivity contribution in [3.05, 3.63) is 29.8 Å². The van der Waals surface area contributed by atoms with Crippen molar-refractivity contribution >= 4 is 11.8 Å². The third-order valence-electron chi connectivity index (χ3n) is 3.87. The van der Waals surface area contributed by atoms with Gasteiger partial charge in [-0.05, 0) is 39.2 Å². The number of carbonyl (C=O) groups excluding carboxylic acids is 1. The normalized spacial score (nSPS) is 20.2. The molecule has 0 unspecified atom stereocenters. The molecule has 1 aliphatic carbocycles. The van der Waals surface area contributed by atoms with Gasteiger partial charge in [-0.1, -0.05) is 18.2 Å². The lowest BCUT2D eigenvalue weighted by atomic mass is 9.99.